The molecule has 9 heteroatoms. The van der Waals surface area contributed by atoms with Crippen molar-refractivity contribution in [2.45, 2.75) is 26.4 Å². The summed E-state index contributed by atoms with van der Waals surface area (Å²) >= 11 is 3.46. The minimum Gasteiger partial charge on any atom is -0.486 e. The van der Waals surface area contributed by atoms with Crippen molar-refractivity contribution >= 4 is 31.9 Å². The number of benzene rings is 1. The van der Waals surface area contributed by atoms with Crippen LogP contribution in [0.3, 0.4) is 0 Å². The molecular formula is C17H22BrNO6S. The van der Waals surface area contributed by atoms with Crippen molar-refractivity contribution in [2.75, 3.05) is 32.1 Å². The molecule has 1 saturated heterocycles. The average molecular weight is 448 g/mol. The molecule has 2 aliphatic heterocycles. The molecule has 1 aromatic carbocycles. The summed E-state index contributed by atoms with van der Waals surface area (Å²) in [5, 5.41) is 0. The summed E-state index contributed by atoms with van der Waals surface area (Å²) in [6, 6.07) is 3.62. The molecule has 3 rings (SSSR count). The number of hydrogen-bond donors (Lipinski definition) is 0. The van der Waals surface area contributed by atoms with Gasteiger partial charge in [-0.1, -0.05) is 15.9 Å². The van der Waals surface area contributed by atoms with E-state index < -0.39 is 10.0 Å². The molecule has 0 spiro atoms. The van der Waals surface area contributed by atoms with Gasteiger partial charge in [0.05, 0.1) is 11.7 Å². The Kier molecular flexibility index (Phi) is 6.09. The smallest absolute Gasteiger partial charge is 0.309 e. The Morgan fingerprint density at radius 2 is 1.85 bits per heavy atom. The van der Waals surface area contributed by atoms with Gasteiger partial charge in [0.1, 0.15) is 19.8 Å². The molecule has 0 N–H and O–H groups in total. The third kappa shape index (κ3) is 4.32. The van der Waals surface area contributed by atoms with Crippen LogP contribution in [0.2, 0.25) is 0 Å². The van der Waals surface area contributed by atoms with Crippen molar-refractivity contribution in [1.82, 2.24) is 4.31 Å². The van der Waals surface area contributed by atoms with Gasteiger partial charge in [0, 0.05) is 23.1 Å². The Morgan fingerprint density at radius 1 is 1.23 bits per heavy atom. The normalized spacial score (nSPS) is 18.5. The van der Waals surface area contributed by atoms with Crippen LogP contribution in [0.25, 0.3) is 0 Å². The van der Waals surface area contributed by atoms with Gasteiger partial charge in [0.2, 0.25) is 10.0 Å². The predicted molar refractivity (Wildman–Crippen MR) is 98.7 cm³/mol. The maximum absolute atomic E-state index is 12.3. The number of esters is 1. The fourth-order valence-electron chi connectivity index (χ4n) is 3.04. The monoisotopic (exact) mass is 447 g/mol. The predicted octanol–water partition coefficient (Wildman–Crippen LogP) is 2.33. The SMILES string of the molecule is CCS(=O)(=O)N1CCC(C(=O)OCc2cc3c(cc2Br)OCCO3)CC1. The molecule has 144 valence electrons. The van der Waals surface area contributed by atoms with E-state index in [4.69, 9.17) is 14.2 Å². The van der Waals surface area contributed by atoms with Crippen LogP contribution in [0.4, 0.5) is 0 Å². The lowest BCUT2D eigenvalue weighted by Crippen LogP contribution is -2.41. The molecule has 1 aromatic rings. The highest BCUT2D eigenvalue weighted by Crippen LogP contribution is 2.36. The molecule has 0 bridgehead atoms. The minimum atomic E-state index is -3.19. The molecule has 0 unspecified atom stereocenters. The first kappa shape index (κ1) is 19.4. The zero-order valence-electron chi connectivity index (χ0n) is 14.6. The summed E-state index contributed by atoms with van der Waals surface area (Å²) in [4.78, 5) is 12.3. The van der Waals surface area contributed by atoms with Crippen molar-refractivity contribution in [1.29, 1.82) is 0 Å². The maximum atomic E-state index is 12.3. The van der Waals surface area contributed by atoms with E-state index in [-0.39, 0.29) is 24.2 Å². The van der Waals surface area contributed by atoms with E-state index in [1.165, 1.54) is 4.31 Å². The number of carbonyl (C=O) groups excluding carboxylic acids is 1. The lowest BCUT2D eigenvalue weighted by molar-refractivity contribution is -0.151. The zero-order valence-corrected chi connectivity index (χ0v) is 17.0. The second kappa shape index (κ2) is 8.14. The summed E-state index contributed by atoms with van der Waals surface area (Å²) in [7, 11) is -3.19. The molecule has 1 fully saturated rings. The fraction of sp³-hybridized carbons (Fsp3) is 0.588. The van der Waals surface area contributed by atoms with Gasteiger partial charge >= 0.3 is 5.97 Å². The molecule has 0 aromatic heterocycles. The van der Waals surface area contributed by atoms with E-state index in [1.807, 2.05) is 12.1 Å². The van der Waals surface area contributed by atoms with Crippen LogP contribution >= 0.6 is 15.9 Å². The van der Waals surface area contributed by atoms with E-state index in [1.54, 1.807) is 6.92 Å². The quantitative estimate of drug-likeness (QED) is 0.644. The van der Waals surface area contributed by atoms with Gasteiger partial charge in [0.25, 0.3) is 0 Å². The molecule has 2 aliphatic rings. The number of rotatable bonds is 5. The first-order valence-corrected chi connectivity index (χ1v) is 11.0. The third-order valence-corrected chi connectivity index (χ3v) is 7.25. The number of ether oxygens (including phenoxy) is 3. The highest BCUT2D eigenvalue weighted by Gasteiger charge is 2.31. The molecule has 0 atom stereocenters. The van der Waals surface area contributed by atoms with Crippen LogP contribution in [-0.4, -0.2) is 50.7 Å². The molecule has 0 radical (unpaired) electrons. The number of nitrogens with zero attached hydrogens (tertiary/aromatic N) is 1. The second-order valence-electron chi connectivity index (χ2n) is 6.27. The summed E-state index contributed by atoms with van der Waals surface area (Å²) in [5.41, 5.74) is 0.800. The van der Waals surface area contributed by atoms with Gasteiger partial charge in [-0.15, -0.1) is 0 Å². The number of carbonyl (C=O) groups is 1. The summed E-state index contributed by atoms with van der Waals surface area (Å²) in [5.74, 6) is 0.834. The minimum absolute atomic E-state index is 0.0836. The Hall–Kier alpha value is -1.32. The van der Waals surface area contributed by atoms with E-state index in [9.17, 15) is 13.2 Å². The van der Waals surface area contributed by atoms with Gasteiger partial charge in [-0.25, -0.2) is 12.7 Å². The Bertz CT molecular complexity index is 774. The van der Waals surface area contributed by atoms with E-state index in [2.05, 4.69) is 15.9 Å². The van der Waals surface area contributed by atoms with Crippen LogP contribution in [0.1, 0.15) is 25.3 Å². The number of halogens is 1. The molecule has 2 heterocycles. The van der Waals surface area contributed by atoms with Crippen molar-refractivity contribution in [3.63, 3.8) is 0 Å². The van der Waals surface area contributed by atoms with E-state index >= 15 is 0 Å². The summed E-state index contributed by atoms with van der Waals surface area (Å²) in [6.07, 6.45) is 0.973. The largest absolute Gasteiger partial charge is 0.486 e. The van der Waals surface area contributed by atoms with Crippen molar-refractivity contribution < 1.29 is 27.4 Å². The Balaban J connectivity index is 1.55. The number of sulfonamides is 1. The van der Waals surface area contributed by atoms with Crippen LogP contribution in [0.5, 0.6) is 11.5 Å². The lowest BCUT2D eigenvalue weighted by Gasteiger charge is -2.29. The molecule has 7 nitrogen and oxygen atoms in total. The van der Waals surface area contributed by atoms with Gasteiger partial charge < -0.3 is 14.2 Å². The highest BCUT2D eigenvalue weighted by atomic mass is 79.9. The highest BCUT2D eigenvalue weighted by molar-refractivity contribution is 9.10. The van der Waals surface area contributed by atoms with Crippen LogP contribution in [0.15, 0.2) is 16.6 Å². The maximum Gasteiger partial charge on any atom is 0.309 e. The topological polar surface area (TPSA) is 82.1 Å². The van der Waals surface area contributed by atoms with Gasteiger partial charge in [0.15, 0.2) is 11.5 Å². The van der Waals surface area contributed by atoms with Gasteiger partial charge in [-0.2, -0.15) is 0 Å². The average Bonchev–Trinajstić information content (AvgIpc) is 2.66. The van der Waals surface area contributed by atoms with Crippen molar-refractivity contribution in [2.24, 2.45) is 5.92 Å². The molecule has 26 heavy (non-hydrogen) atoms. The first-order chi connectivity index (χ1) is 12.4. The summed E-state index contributed by atoms with van der Waals surface area (Å²) in [6.45, 7) is 3.49. The number of hydrogen-bond acceptors (Lipinski definition) is 6. The van der Waals surface area contributed by atoms with Crippen LogP contribution in [0, 0.1) is 5.92 Å². The molecule has 0 aliphatic carbocycles. The van der Waals surface area contributed by atoms with Crippen LogP contribution < -0.4 is 9.47 Å². The van der Waals surface area contributed by atoms with Gasteiger partial charge in [-0.3, -0.25) is 4.79 Å². The van der Waals surface area contributed by atoms with E-state index in [0.29, 0.717) is 50.6 Å². The van der Waals surface area contributed by atoms with Crippen molar-refractivity contribution in [3.8, 4) is 11.5 Å². The molecule has 0 saturated carbocycles. The number of piperidine rings is 1. The zero-order chi connectivity index (χ0) is 18.7. The second-order valence-corrected chi connectivity index (χ2v) is 9.38. The first-order valence-electron chi connectivity index (χ1n) is 8.63. The van der Waals surface area contributed by atoms with Gasteiger partial charge in [-0.05, 0) is 31.9 Å². The Morgan fingerprint density at radius 3 is 2.46 bits per heavy atom. The number of fused-ring (bicyclic) bond motifs is 1. The molecular weight excluding hydrogens is 426 g/mol. The van der Waals surface area contributed by atoms with Crippen LogP contribution in [-0.2, 0) is 26.2 Å². The Labute approximate surface area is 161 Å². The fourth-order valence-corrected chi connectivity index (χ4v) is 4.60. The standard InChI is InChI=1S/C17H22BrNO6S/c1-2-26(21,22)19-5-3-12(4-6-19)17(20)25-11-13-9-15-16(10-14(13)18)24-8-7-23-15/h9-10,12H,2-8,11H2,1H3. The molecule has 0 amide bonds. The third-order valence-electron chi connectivity index (χ3n) is 4.63. The summed E-state index contributed by atoms with van der Waals surface area (Å²) < 4.78 is 42.5. The van der Waals surface area contributed by atoms with E-state index in [0.717, 1.165) is 10.0 Å². The van der Waals surface area contributed by atoms with Crippen molar-refractivity contribution in [3.05, 3.63) is 22.2 Å². The lowest BCUT2D eigenvalue weighted by atomic mass is 9.98.